The molecule has 0 spiro atoms. The summed E-state index contributed by atoms with van der Waals surface area (Å²) in [5.41, 5.74) is 1.82. The molecule has 0 bridgehead atoms. The Morgan fingerprint density at radius 2 is 2.04 bits per heavy atom. The maximum atomic E-state index is 14.0. The smallest absolute Gasteiger partial charge is 0.255 e. The number of benzene rings is 1. The lowest BCUT2D eigenvalue weighted by Crippen LogP contribution is -2.35. The highest BCUT2D eigenvalue weighted by atomic mass is 35.5. The lowest BCUT2D eigenvalue weighted by molar-refractivity contribution is 0.238. The van der Waals surface area contributed by atoms with Crippen LogP contribution in [-0.2, 0) is 19.5 Å². The number of hydrogen-bond donors (Lipinski definition) is 1. The predicted octanol–water partition coefficient (Wildman–Crippen LogP) is 3.32. The van der Waals surface area contributed by atoms with Gasteiger partial charge in [-0.15, -0.1) is 0 Å². The molecule has 27 heavy (non-hydrogen) atoms. The van der Waals surface area contributed by atoms with E-state index < -0.39 is 11.6 Å². The van der Waals surface area contributed by atoms with E-state index in [4.69, 9.17) is 11.6 Å². The second kappa shape index (κ2) is 7.17. The van der Waals surface area contributed by atoms with Crippen molar-refractivity contribution >= 4 is 11.6 Å². The summed E-state index contributed by atoms with van der Waals surface area (Å²) in [7, 11) is 0. The van der Waals surface area contributed by atoms with Gasteiger partial charge in [-0.25, -0.2) is 13.8 Å². The van der Waals surface area contributed by atoms with Crippen LogP contribution in [0.15, 0.2) is 41.5 Å². The standard InChI is InChI=1S/C19H15ClF2N4O/c20-17-12(14(21)3-4-15(17)22)9-26-7-5-16-13(10-26)19(27)25-18(24-16)11-2-1-6-23-8-11/h1-4,6,8H,5,7,9-10H2,(H,24,25,27). The molecular formula is C19H15ClF2N4O. The van der Waals surface area contributed by atoms with Gasteiger partial charge in [-0.3, -0.25) is 14.7 Å². The van der Waals surface area contributed by atoms with Crippen molar-refractivity contribution in [2.45, 2.75) is 19.5 Å². The predicted molar refractivity (Wildman–Crippen MR) is 97.3 cm³/mol. The fraction of sp³-hybridized carbons (Fsp3) is 0.211. The van der Waals surface area contributed by atoms with Gasteiger partial charge in [-0.1, -0.05) is 11.6 Å². The van der Waals surface area contributed by atoms with Crippen molar-refractivity contribution < 1.29 is 8.78 Å². The van der Waals surface area contributed by atoms with Crippen molar-refractivity contribution in [1.82, 2.24) is 19.9 Å². The Morgan fingerprint density at radius 1 is 1.22 bits per heavy atom. The quantitative estimate of drug-likeness (QED) is 0.699. The highest BCUT2D eigenvalue weighted by Crippen LogP contribution is 2.26. The minimum Gasteiger partial charge on any atom is -0.306 e. The molecule has 0 atom stereocenters. The van der Waals surface area contributed by atoms with Crippen LogP contribution in [0.5, 0.6) is 0 Å². The van der Waals surface area contributed by atoms with E-state index in [2.05, 4.69) is 15.0 Å². The Labute approximate surface area is 158 Å². The van der Waals surface area contributed by atoms with Crippen molar-refractivity contribution in [2.24, 2.45) is 0 Å². The Balaban J connectivity index is 1.61. The van der Waals surface area contributed by atoms with Crippen molar-refractivity contribution in [3.05, 3.63) is 80.5 Å². The maximum absolute atomic E-state index is 14.0. The lowest BCUT2D eigenvalue weighted by Gasteiger charge is -2.28. The van der Waals surface area contributed by atoms with Crippen LogP contribution in [0.1, 0.15) is 16.8 Å². The molecule has 0 saturated carbocycles. The van der Waals surface area contributed by atoms with Crippen LogP contribution in [0.4, 0.5) is 8.78 Å². The van der Waals surface area contributed by atoms with Gasteiger partial charge < -0.3 is 4.98 Å². The Hall–Kier alpha value is -2.64. The van der Waals surface area contributed by atoms with Gasteiger partial charge in [0, 0.05) is 49.6 Å². The van der Waals surface area contributed by atoms with Crippen LogP contribution in [0.25, 0.3) is 11.4 Å². The van der Waals surface area contributed by atoms with Gasteiger partial charge in [0.15, 0.2) is 0 Å². The average Bonchev–Trinajstić information content (AvgIpc) is 2.69. The molecule has 1 aliphatic heterocycles. The second-order valence-electron chi connectivity index (χ2n) is 6.36. The summed E-state index contributed by atoms with van der Waals surface area (Å²) < 4.78 is 27.7. The van der Waals surface area contributed by atoms with Crippen LogP contribution in [0.3, 0.4) is 0 Å². The number of halogens is 3. The molecule has 0 amide bonds. The molecule has 5 nitrogen and oxygen atoms in total. The van der Waals surface area contributed by atoms with E-state index in [0.29, 0.717) is 30.0 Å². The highest BCUT2D eigenvalue weighted by molar-refractivity contribution is 6.31. The molecule has 1 aliphatic rings. The van der Waals surface area contributed by atoms with E-state index in [-0.39, 0.29) is 29.2 Å². The third-order valence-electron chi connectivity index (χ3n) is 4.60. The van der Waals surface area contributed by atoms with E-state index in [0.717, 1.165) is 17.7 Å². The largest absolute Gasteiger partial charge is 0.306 e. The van der Waals surface area contributed by atoms with Crippen LogP contribution in [0, 0.1) is 11.6 Å². The summed E-state index contributed by atoms with van der Waals surface area (Å²) in [6.45, 7) is 0.963. The Bertz CT molecular complexity index is 1060. The van der Waals surface area contributed by atoms with Gasteiger partial charge in [0.1, 0.15) is 17.5 Å². The summed E-state index contributed by atoms with van der Waals surface area (Å²) >= 11 is 5.91. The van der Waals surface area contributed by atoms with E-state index >= 15 is 0 Å². The zero-order chi connectivity index (χ0) is 19.0. The van der Waals surface area contributed by atoms with Gasteiger partial charge in [-0.05, 0) is 24.3 Å². The first-order valence-corrected chi connectivity index (χ1v) is 8.78. The molecule has 3 heterocycles. The van der Waals surface area contributed by atoms with Crippen LogP contribution in [-0.4, -0.2) is 26.4 Å². The summed E-state index contributed by atoms with van der Waals surface area (Å²) in [6, 6.07) is 5.65. The molecule has 1 aromatic carbocycles. The number of H-pyrrole nitrogens is 1. The fourth-order valence-electron chi connectivity index (χ4n) is 3.19. The molecule has 2 aromatic heterocycles. The number of hydrogen-bond acceptors (Lipinski definition) is 4. The van der Waals surface area contributed by atoms with Crippen LogP contribution < -0.4 is 5.56 Å². The van der Waals surface area contributed by atoms with Crippen LogP contribution >= 0.6 is 11.6 Å². The van der Waals surface area contributed by atoms with Crippen LogP contribution in [0.2, 0.25) is 5.02 Å². The number of nitrogens with one attached hydrogen (secondary N) is 1. The zero-order valence-corrected chi connectivity index (χ0v) is 14.9. The lowest BCUT2D eigenvalue weighted by atomic mass is 10.1. The summed E-state index contributed by atoms with van der Waals surface area (Å²) in [5.74, 6) is -0.753. The topological polar surface area (TPSA) is 61.9 Å². The molecular weight excluding hydrogens is 374 g/mol. The first-order chi connectivity index (χ1) is 13.0. The van der Waals surface area contributed by atoms with Gasteiger partial charge in [0.05, 0.1) is 16.3 Å². The van der Waals surface area contributed by atoms with E-state index in [9.17, 15) is 13.6 Å². The Kier molecular flexibility index (Phi) is 4.72. The molecule has 0 fully saturated rings. The Morgan fingerprint density at radius 3 is 2.81 bits per heavy atom. The van der Waals surface area contributed by atoms with Crippen molar-refractivity contribution in [1.29, 1.82) is 0 Å². The number of rotatable bonds is 3. The number of aromatic nitrogens is 3. The first kappa shape index (κ1) is 17.8. The fourth-order valence-corrected chi connectivity index (χ4v) is 3.41. The minimum absolute atomic E-state index is 0.0940. The highest BCUT2D eigenvalue weighted by Gasteiger charge is 2.23. The van der Waals surface area contributed by atoms with E-state index in [1.54, 1.807) is 18.5 Å². The summed E-state index contributed by atoms with van der Waals surface area (Å²) in [4.78, 5) is 25.8. The van der Waals surface area contributed by atoms with Crippen molar-refractivity contribution in [3.8, 4) is 11.4 Å². The molecule has 0 aliphatic carbocycles. The SMILES string of the molecule is O=c1[nH]c(-c2cccnc2)nc2c1CN(Cc1c(F)ccc(F)c1Cl)CC2. The normalized spacial score (nSPS) is 14.2. The minimum atomic E-state index is -0.661. The number of fused-ring (bicyclic) bond motifs is 1. The molecule has 138 valence electrons. The van der Waals surface area contributed by atoms with Crippen molar-refractivity contribution in [2.75, 3.05) is 6.54 Å². The second-order valence-corrected chi connectivity index (χ2v) is 6.74. The molecule has 8 heteroatoms. The monoisotopic (exact) mass is 388 g/mol. The van der Waals surface area contributed by atoms with Gasteiger partial charge in [0.2, 0.25) is 0 Å². The molecule has 0 radical (unpaired) electrons. The third kappa shape index (κ3) is 3.48. The van der Waals surface area contributed by atoms with Gasteiger partial charge >= 0.3 is 0 Å². The average molecular weight is 389 g/mol. The zero-order valence-electron chi connectivity index (χ0n) is 14.2. The molecule has 1 N–H and O–H groups in total. The molecule has 4 rings (SSSR count). The summed E-state index contributed by atoms with van der Waals surface area (Å²) in [5, 5.41) is -0.222. The van der Waals surface area contributed by atoms with Gasteiger partial charge in [-0.2, -0.15) is 0 Å². The molecule has 0 unspecified atom stereocenters. The van der Waals surface area contributed by atoms with Crippen molar-refractivity contribution in [3.63, 3.8) is 0 Å². The number of pyridine rings is 1. The molecule has 3 aromatic rings. The maximum Gasteiger partial charge on any atom is 0.255 e. The first-order valence-electron chi connectivity index (χ1n) is 8.40. The van der Waals surface area contributed by atoms with E-state index in [1.807, 2.05) is 11.0 Å². The number of aromatic amines is 1. The van der Waals surface area contributed by atoms with E-state index in [1.165, 1.54) is 0 Å². The molecule has 0 saturated heterocycles. The number of nitrogens with zero attached hydrogens (tertiary/aromatic N) is 3. The summed E-state index contributed by atoms with van der Waals surface area (Å²) in [6.07, 6.45) is 3.81. The van der Waals surface area contributed by atoms with Gasteiger partial charge in [0.25, 0.3) is 5.56 Å². The third-order valence-corrected chi connectivity index (χ3v) is 5.01.